The molecule has 0 saturated carbocycles. The first-order valence-electron chi connectivity index (χ1n) is 5.30. The molecule has 0 amide bonds. The molecule has 17 heavy (non-hydrogen) atoms. The molecule has 0 aliphatic carbocycles. The van der Waals surface area contributed by atoms with Crippen LogP contribution in [0.1, 0.15) is 28.6 Å². The first kappa shape index (κ1) is 11.7. The number of hydrogen-bond acceptors (Lipinski definition) is 3. The average Bonchev–Trinajstić information content (AvgIpc) is 2.33. The number of aliphatic hydroxyl groups excluding tert-OH is 1. The van der Waals surface area contributed by atoms with Gasteiger partial charge in [-0.15, -0.1) is 0 Å². The topological polar surface area (TPSA) is 46.0 Å². The summed E-state index contributed by atoms with van der Waals surface area (Å²) < 4.78 is 13.1. The molecule has 1 aromatic carbocycles. The lowest BCUT2D eigenvalue weighted by Gasteiger charge is -2.10. The molecule has 1 N–H and O–H groups in total. The summed E-state index contributed by atoms with van der Waals surface area (Å²) in [7, 11) is 0. The molecular weight excluding hydrogens is 219 g/mol. The van der Waals surface area contributed by atoms with Crippen molar-refractivity contribution in [3.8, 4) is 0 Å². The van der Waals surface area contributed by atoms with Crippen LogP contribution in [0.4, 0.5) is 4.39 Å². The van der Waals surface area contributed by atoms with Crippen molar-refractivity contribution >= 4 is 0 Å². The predicted octanol–water partition coefficient (Wildman–Crippen LogP) is 2.31. The van der Waals surface area contributed by atoms with Gasteiger partial charge in [0.25, 0.3) is 0 Å². The number of aromatic nitrogens is 2. The summed E-state index contributed by atoms with van der Waals surface area (Å²) in [5, 5.41) is 10.1. The molecule has 0 aliphatic rings. The number of hydrogen-bond donors (Lipinski definition) is 1. The molecule has 2 aromatic rings. The smallest absolute Gasteiger partial charge is 0.161 e. The Bertz CT molecular complexity index is 525. The summed E-state index contributed by atoms with van der Waals surface area (Å²) in [6.45, 7) is 3.53. The van der Waals surface area contributed by atoms with Gasteiger partial charge < -0.3 is 5.11 Å². The minimum Gasteiger partial charge on any atom is -0.380 e. The maximum Gasteiger partial charge on any atom is 0.161 e. The summed E-state index contributed by atoms with van der Waals surface area (Å²) in [6.07, 6.45) is 2.36. The largest absolute Gasteiger partial charge is 0.380 e. The first-order valence-corrected chi connectivity index (χ1v) is 5.30. The van der Waals surface area contributed by atoms with Crippen molar-refractivity contribution in [3.63, 3.8) is 0 Å². The van der Waals surface area contributed by atoms with Crippen molar-refractivity contribution in [2.45, 2.75) is 20.0 Å². The van der Waals surface area contributed by atoms with E-state index in [1.807, 2.05) is 6.92 Å². The van der Waals surface area contributed by atoms with Gasteiger partial charge in [0.2, 0.25) is 0 Å². The van der Waals surface area contributed by atoms with Crippen LogP contribution < -0.4 is 0 Å². The SMILES string of the molecule is Cc1cnc(C(O)c2ccc(F)c(C)c2)nc1. The fourth-order valence-corrected chi connectivity index (χ4v) is 1.53. The second-order valence-corrected chi connectivity index (χ2v) is 4.03. The molecule has 0 saturated heterocycles. The van der Waals surface area contributed by atoms with E-state index in [4.69, 9.17) is 0 Å². The van der Waals surface area contributed by atoms with Crippen LogP contribution in [0.2, 0.25) is 0 Å². The lowest BCUT2D eigenvalue weighted by Crippen LogP contribution is -2.05. The van der Waals surface area contributed by atoms with Gasteiger partial charge in [0.05, 0.1) is 0 Å². The van der Waals surface area contributed by atoms with Crippen LogP contribution in [0.5, 0.6) is 0 Å². The number of aryl methyl sites for hydroxylation is 2. The highest BCUT2D eigenvalue weighted by Crippen LogP contribution is 2.20. The first-order chi connectivity index (χ1) is 8.08. The second-order valence-electron chi connectivity index (χ2n) is 4.03. The molecule has 2 rings (SSSR count). The van der Waals surface area contributed by atoms with Crippen molar-refractivity contribution in [3.05, 3.63) is 58.9 Å². The Balaban J connectivity index is 2.33. The normalized spacial score (nSPS) is 12.5. The highest BCUT2D eigenvalue weighted by Gasteiger charge is 2.14. The van der Waals surface area contributed by atoms with Gasteiger partial charge in [0.15, 0.2) is 5.82 Å². The highest BCUT2D eigenvalue weighted by atomic mass is 19.1. The molecule has 0 radical (unpaired) electrons. The number of rotatable bonds is 2. The number of halogens is 1. The van der Waals surface area contributed by atoms with Crippen LogP contribution in [0, 0.1) is 19.7 Å². The Labute approximate surface area is 99.0 Å². The van der Waals surface area contributed by atoms with E-state index < -0.39 is 6.10 Å². The van der Waals surface area contributed by atoms with Gasteiger partial charge in [0, 0.05) is 12.4 Å². The van der Waals surface area contributed by atoms with Gasteiger partial charge in [-0.3, -0.25) is 0 Å². The summed E-state index contributed by atoms with van der Waals surface area (Å²) in [6, 6.07) is 4.47. The fraction of sp³-hybridized carbons (Fsp3) is 0.231. The zero-order valence-corrected chi connectivity index (χ0v) is 9.68. The van der Waals surface area contributed by atoms with Crippen molar-refractivity contribution < 1.29 is 9.50 Å². The molecule has 0 spiro atoms. The fourth-order valence-electron chi connectivity index (χ4n) is 1.53. The Morgan fingerprint density at radius 3 is 2.41 bits per heavy atom. The van der Waals surface area contributed by atoms with Crippen molar-refractivity contribution in [2.24, 2.45) is 0 Å². The van der Waals surface area contributed by atoms with E-state index in [1.165, 1.54) is 12.1 Å². The van der Waals surface area contributed by atoms with Crippen LogP contribution >= 0.6 is 0 Å². The molecule has 0 fully saturated rings. The Morgan fingerprint density at radius 1 is 1.18 bits per heavy atom. The van der Waals surface area contributed by atoms with Gasteiger partial charge in [-0.25, -0.2) is 14.4 Å². The summed E-state index contributed by atoms with van der Waals surface area (Å²) in [5.41, 5.74) is 2.01. The van der Waals surface area contributed by atoms with Crippen LogP contribution in [-0.2, 0) is 0 Å². The molecule has 0 bridgehead atoms. The molecule has 1 aromatic heterocycles. The lowest BCUT2D eigenvalue weighted by atomic mass is 10.1. The van der Waals surface area contributed by atoms with E-state index in [-0.39, 0.29) is 5.82 Å². The Hall–Kier alpha value is -1.81. The summed E-state index contributed by atoms with van der Waals surface area (Å²) >= 11 is 0. The van der Waals surface area contributed by atoms with E-state index in [9.17, 15) is 9.50 Å². The van der Waals surface area contributed by atoms with E-state index in [2.05, 4.69) is 9.97 Å². The van der Waals surface area contributed by atoms with Gasteiger partial charge >= 0.3 is 0 Å². The maximum absolute atomic E-state index is 13.1. The van der Waals surface area contributed by atoms with Crippen LogP contribution in [0.15, 0.2) is 30.6 Å². The quantitative estimate of drug-likeness (QED) is 0.864. The molecule has 4 heteroatoms. The average molecular weight is 232 g/mol. The monoisotopic (exact) mass is 232 g/mol. The molecule has 88 valence electrons. The van der Waals surface area contributed by atoms with Gasteiger partial charge in [-0.1, -0.05) is 12.1 Å². The van der Waals surface area contributed by atoms with Gasteiger partial charge in [-0.2, -0.15) is 0 Å². The highest BCUT2D eigenvalue weighted by molar-refractivity contribution is 5.28. The zero-order valence-electron chi connectivity index (χ0n) is 9.68. The molecule has 1 atom stereocenters. The maximum atomic E-state index is 13.1. The van der Waals surface area contributed by atoms with Crippen LogP contribution in [-0.4, -0.2) is 15.1 Å². The Kier molecular flexibility index (Phi) is 3.15. The third-order valence-electron chi connectivity index (χ3n) is 2.54. The van der Waals surface area contributed by atoms with Gasteiger partial charge in [0.1, 0.15) is 11.9 Å². The molecule has 0 aliphatic heterocycles. The lowest BCUT2D eigenvalue weighted by molar-refractivity contribution is 0.209. The second kappa shape index (κ2) is 4.59. The van der Waals surface area contributed by atoms with E-state index in [0.29, 0.717) is 17.0 Å². The van der Waals surface area contributed by atoms with Crippen molar-refractivity contribution in [1.82, 2.24) is 9.97 Å². The molecule has 1 unspecified atom stereocenters. The summed E-state index contributed by atoms with van der Waals surface area (Å²) in [5.74, 6) is 0.0346. The molecular formula is C13H13FN2O. The van der Waals surface area contributed by atoms with Crippen LogP contribution in [0.25, 0.3) is 0 Å². The predicted molar refractivity (Wildman–Crippen MR) is 62.0 cm³/mol. The van der Waals surface area contributed by atoms with E-state index >= 15 is 0 Å². The van der Waals surface area contributed by atoms with Gasteiger partial charge in [-0.05, 0) is 36.6 Å². The number of aliphatic hydroxyl groups is 1. The molecule has 3 nitrogen and oxygen atoms in total. The minimum absolute atomic E-state index is 0.286. The summed E-state index contributed by atoms with van der Waals surface area (Å²) in [4.78, 5) is 8.10. The zero-order chi connectivity index (χ0) is 12.4. The number of benzene rings is 1. The standard InChI is InChI=1S/C13H13FN2O/c1-8-6-15-13(16-7-8)12(17)10-3-4-11(14)9(2)5-10/h3-7,12,17H,1-2H3. The van der Waals surface area contributed by atoms with E-state index in [1.54, 1.807) is 25.4 Å². The van der Waals surface area contributed by atoms with Crippen molar-refractivity contribution in [1.29, 1.82) is 0 Å². The minimum atomic E-state index is -0.921. The number of nitrogens with zero attached hydrogens (tertiary/aromatic N) is 2. The van der Waals surface area contributed by atoms with Crippen LogP contribution in [0.3, 0.4) is 0 Å². The third kappa shape index (κ3) is 2.47. The van der Waals surface area contributed by atoms with E-state index in [0.717, 1.165) is 5.56 Å². The third-order valence-corrected chi connectivity index (χ3v) is 2.54. The van der Waals surface area contributed by atoms with Crippen molar-refractivity contribution in [2.75, 3.05) is 0 Å². The molecule has 1 heterocycles. The Morgan fingerprint density at radius 2 is 1.82 bits per heavy atom.